The van der Waals surface area contributed by atoms with Gasteiger partial charge in [0.05, 0.1) is 5.69 Å². The number of halogens is 1. The fourth-order valence-corrected chi connectivity index (χ4v) is 2.97. The highest BCUT2D eigenvalue weighted by atomic mass is 35.5. The molecule has 1 rings (SSSR count). The second-order valence-corrected chi connectivity index (χ2v) is 5.50. The van der Waals surface area contributed by atoms with Crippen LogP contribution >= 0.6 is 11.6 Å². The van der Waals surface area contributed by atoms with E-state index >= 15 is 0 Å². The fourth-order valence-electron chi connectivity index (χ4n) is 1.43. The van der Waals surface area contributed by atoms with Gasteiger partial charge in [-0.1, -0.05) is 25.4 Å². The topological polar surface area (TPSA) is 72.2 Å². The molecule has 6 heteroatoms. The third-order valence-corrected chi connectivity index (χ3v) is 4.00. The Hall–Kier alpha value is -0.780. The quantitative estimate of drug-likeness (QED) is 0.813. The number of nitrogens with one attached hydrogen (secondary N) is 1. The number of aryl methyl sites for hydroxylation is 1. The van der Waals surface area contributed by atoms with Gasteiger partial charge in [0, 0.05) is 11.6 Å². The van der Waals surface area contributed by atoms with Gasteiger partial charge in [0.1, 0.15) is 4.90 Å². The lowest BCUT2D eigenvalue weighted by atomic mass is 10.1. The van der Waals surface area contributed by atoms with Gasteiger partial charge in [-0.05, 0) is 24.1 Å². The molecule has 0 aliphatic carbocycles. The van der Waals surface area contributed by atoms with Crippen molar-refractivity contribution in [3.8, 4) is 0 Å². The summed E-state index contributed by atoms with van der Waals surface area (Å²) in [5, 5.41) is 0.377. The van der Waals surface area contributed by atoms with Crippen LogP contribution in [-0.2, 0) is 16.4 Å². The predicted octanol–water partition coefficient (Wildman–Crippen LogP) is 1.78. The molecular formula is C10H15ClN2O2S. The Bertz CT molecular complexity index is 486. The number of anilines is 1. The first-order valence-corrected chi connectivity index (χ1v) is 6.86. The van der Waals surface area contributed by atoms with Crippen LogP contribution < -0.4 is 10.5 Å². The molecule has 0 heterocycles. The molecule has 0 saturated carbocycles. The van der Waals surface area contributed by atoms with Crippen LogP contribution in [0.5, 0.6) is 0 Å². The first-order chi connectivity index (χ1) is 7.42. The summed E-state index contributed by atoms with van der Waals surface area (Å²) in [6.45, 7) is 3.92. The molecule has 0 bridgehead atoms. The van der Waals surface area contributed by atoms with E-state index in [1.54, 1.807) is 13.0 Å². The number of hydrogen-bond acceptors (Lipinski definition) is 3. The SMILES string of the molecule is CCNS(=O)(=O)c1cc(Cl)cc(CC)c1N. The van der Waals surface area contributed by atoms with Crippen LogP contribution in [0.4, 0.5) is 5.69 Å². The Morgan fingerprint density at radius 1 is 1.38 bits per heavy atom. The zero-order chi connectivity index (χ0) is 12.3. The summed E-state index contributed by atoms with van der Waals surface area (Å²) in [6, 6.07) is 3.05. The van der Waals surface area contributed by atoms with E-state index in [1.807, 2.05) is 6.92 Å². The molecule has 0 saturated heterocycles. The number of sulfonamides is 1. The highest BCUT2D eigenvalue weighted by Gasteiger charge is 2.18. The number of nitrogen functional groups attached to an aromatic ring is 1. The van der Waals surface area contributed by atoms with Gasteiger partial charge < -0.3 is 5.73 Å². The zero-order valence-corrected chi connectivity index (χ0v) is 10.8. The summed E-state index contributed by atoms with van der Waals surface area (Å²) < 4.78 is 26.0. The first kappa shape index (κ1) is 13.3. The summed E-state index contributed by atoms with van der Waals surface area (Å²) in [6.07, 6.45) is 0.640. The number of benzene rings is 1. The van der Waals surface area contributed by atoms with Crippen molar-refractivity contribution < 1.29 is 8.42 Å². The molecule has 0 amide bonds. The van der Waals surface area contributed by atoms with E-state index in [4.69, 9.17) is 17.3 Å². The van der Waals surface area contributed by atoms with Crippen molar-refractivity contribution in [3.05, 3.63) is 22.7 Å². The maximum Gasteiger partial charge on any atom is 0.242 e. The third kappa shape index (κ3) is 2.66. The molecule has 0 aliphatic rings. The van der Waals surface area contributed by atoms with E-state index in [-0.39, 0.29) is 10.6 Å². The van der Waals surface area contributed by atoms with Gasteiger partial charge in [0.15, 0.2) is 0 Å². The Morgan fingerprint density at radius 3 is 2.50 bits per heavy atom. The van der Waals surface area contributed by atoms with Crippen molar-refractivity contribution in [2.24, 2.45) is 0 Å². The number of nitrogens with two attached hydrogens (primary N) is 1. The summed E-state index contributed by atoms with van der Waals surface area (Å²) in [5.41, 5.74) is 6.81. The monoisotopic (exact) mass is 262 g/mol. The average molecular weight is 263 g/mol. The maximum atomic E-state index is 11.8. The van der Waals surface area contributed by atoms with Crippen molar-refractivity contribution in [1.29, 1.82) is 0 Å². The highest BCUT2D eigenvalue weighted by Crippen LogP contribution is 2.27. The van der Waals surface area contributed by atoms with Crippen LogP contribution in [0.1, 0.15) is 19.4 Å². The normalized spacial score (nSPS) is 11.7. The van der Waals surface area contributed by atoms with Crippen LogP contribution in [0, 0.1) is 0 Å². The van der Waals surface area contributed by atoms with E-state index in [0.717, 1.165) is 5.56 Å². The van der Waals surface area contributed by atoms with Crippen LogP contribution in [0.25, 0.3) is 0 Å². The van der Waals surface area contributed by atoms with Gasteiger partial charge in [-0.3, -0.25) is 0 Å². The second kappa shape index (κ2) is 5.03. The van der Waals surface area contributed by atoms with Crippen molar-refractivity contribution in [2.45, 2.75) is 25.2 Å². The van der Waals surface area contributed by atoms with Gasteiger partial charge in [-0.25, -0.2) is 13.1 Å². The molecule has 0 aromatic heterocycles. The number of rotatable bonds is 4. The summed E-state index contributed by atoms with van der Waals surface area (Å²) in [4.78, 5) is 0.0544. The minimum absolute atomic E-state index is 0.0544. The van der Waals surface area contributed by atoms with Crippen molar-refractivity contribution in [1.82, 2.24) is 4.72 Å². The van der Waals surface area contributed by atoms with E-state index in [0.29, 0.717) is 18.0 Å². The Balaban J connectivity index is 3.39. The minimum Gasteiger partial charge on any atom is -0.397 e. The molecule has 0 atom stereocenters. The van der Waals surface area contributed by atoms with Crippen molar-refractivity contribution in [2.75, 3.05) is 12.3 Å². The Morgan fingerprint density at radius 2 is 2.00 bits per heavy atom. The second-order valence-electron chi connectivity index (χ2n) is 3.33. The molecule has 0 fully saturated rings. The molecule has 0 aliphatic heterocycles. The largest absolute Gasteiger partial charge is 0.397 e. The Labute approximate surface area is 101 Å². The first-order valence-electron chi connectivity index (χ1n) is 5.00. The molecule has 1 aromatic rings. The van der Waals surface area contributed by atoms with E-state index in [9.17, 15) is 8.42 Å². The lowest BCUT2D eigenvalue weighted by Crippen LogP contribution is -2.24. The molecule has 0 spiro atoms. The highest BCUT2D eigenvalue weighted by molar-refractivity contribution is 7.89. The molecule has 16 heavy (non-hydrogen) atoms. The Kier molecular flexibility index (Phi) is 4.18. The van der Waals surface area contributed by atoms with E-state index in [2.05, 4.69) is 4.72 Å². The van der Waals surface area contributed by atoms with Gasteiger partial charge in [0.25, 0.3) is 0 Å². The van der Waals surface area contributed by atoms with Gasteiger partial charge >= 0.3 is 0 Å². The van der Waals surface area contributed by atoms with Gasteiger partial charge in [-0.15, -0.1) is 0 Å². The van der Waals surface area contributed by atoms with Crippen LogP contribution in [0.2, 0.25) is 5.02 Å². The molecule has 1 aromatic carbocycles. The molecule has 0 radical (unpaired) electrons. The van der Waals surface area contributed by atoms with Crippen LogP contribution in [0.3, 0.4) is 0 Å². The summed E-state index contributed by atoms with van der Waals surface area (Å²) in [5.74, 6) is 0. The summed E-state index contributed by atoms with van der Waals surface area (Å²) >= 11 is 5.86. The van der Waals surface area contributed by atoms with Crippen LogP contribution in [-0.4, -0.2) is 15.0 Å². The molecular weight excluding hydrogens is 248 g/mol. The standard InChI is InChI=1S/C10H15ClN2O2S/c1-3-7-5-8(11)6-9(10(7)12)16(14,15)13-4-2/h5-6,13H,3-4,12H2,1-2H3. The van der Waals surface area contributed by atoms with E-state index < -0.39 is 10.0 Å². The predicted molar refractivity (Wildman–Crippen MR) is 66.1 cm³/mol. The minimum atomic E-state index is -3.56. The zero-order valence-electron chi connectivity index (χ0n) is 9.25. The fraction of sp³-hybridized carbons (Fsp3) is 0.400. The van der Waals surface area contributed by atoms with Crippen LogP contribution in [0.15, 0.2) is 17.0 Å². The van der Waals surface area contributed by atoms with Gasteiger partial charge in [0.2, 0.25) is 10.0 Å². The van der Waals surface area contributed by atoms with E-state index in [1.165, 1.54) is 6.07 Å². The average Bonchev–Trinajstić information content (AvgIpc) is 2.20. The third-order valence-electron chi connectivity index (χ3n) is 2.20. The van der Waals surface area contributed by atoms with Crippen molar-refractivity contribution in [3.63, 3.8) is 0 Å². The number of hydrogen-bond donors (Lipinski definition) is 2. The molecule has 90 valence electrons. The smallest absolute Gasteiger partial charge is 0.242 e. The molecule has 3 N–H and O–H groups in total. The van der Waals surface area contributed by atoms with Gasteiger partial charge in [-0.2, -0.15) is 0 Å². The van der Waals surface area contributed by atoms with Crippen molar-refractivity contribution >= 4 is 27.3 Å². The molecule has 4 nitrogen and oxygen atoms in total. The lowest BCUT2D eigenvalue weighted by molar-refractivity contribution is 0.584. The molecule has 0 unspecified atom stereocenters. The maximum absolute atomic E-state index is 11.8. The summed E-state index contributed by atoms with van der Waals surface area (Å²) in [7, 11) is -3.56. The lowest BCUT2D eigenvalue weighted by Gasteiger charge is -2.11.